The molecule has 1 aliphatic rings. The third-order valence-corrected chi connectivity index (χ3v) is 6.89. The maximum absolute atomic E-state index is 4.61. The largest absolute Gasteiger partial charge is 0.322 e. The summed E-state index contributed by atoms with van der Waals surface area (Å²) in [6.45, 7) is 14.1. The summed E-state index contributed by atoms with van der Waals surface area (Å²) in [5.41, 5.74) is 0. The maximum atomic E-state index is 4.61. The molecular formula is C12H26N2Si. The van der Waals surface area contributed by atoms with E-state index >= 15 is 0 Å². The molecule has 1 atom stereocenters. The van der Waals surface area contributed by atoms with Crippen LogP contribution in [-0.4, -0.2) is 38.1 Å². The van der Waals surface area contributed by atoms with E-state index in [4.69, 9.17) is 0 Å². The number of aliphatic imine (C=N–C) groups is 1. The Hall–Kier alpha value is -0.153. The molecule has 0 amide bonds. The van der Waals surface area contributed by atoms with E-state index in [0.717, 1.165) is 0 Å². The molecular weight excluding hydrogens is 200 g/mol. The van der Waals surface area contributed by atoms with E-state index in [1.54, 1.807) is 0 Å². The Morgan fingerprint density at radius 1 is 1.33 bits per heavy atom. The Labute approximate surface area is 95.9 Å². The van der Waals surface area contributed by atoms with Crippen LogP contribution in [0.2, 0.25) is 19.1 Å². The van der Waals surface area contributed by atoms with Crippen LogP contribution >= 0.6 is 0 Å². The molecule has 88 valence electrons. The number of nitrogens with zero attached hydrogens (tertiary/aromatic N) is 2. The van der Waals surface area contributed by atoms with Gasteiger partial charge in [-0.25, -0.2) is 0 Å². The van der Waals surface area contributed by atoms with Gasteiger partial charge in [0.25, 0.3) is 0 Å². The van der Waals surface area contributed by atoms with E-state index < -0.39 is 8.24 Å². The van der Waals surface area contributed by atoms with Crippen LogP contribution in [-0.2, 0) is 0 Å². The minimum Gasteiger partial charge on any atom is -0.322 e. The first-order valence-electron chi connectivity index (χ1n) is 6.20. The minimum atomic E-state index is -1.03. The van der Waals surface area contributed by atoms with Gasteiger partial charge in [-0.15, -0.1) is 0 Å². The van der Waals surface area contributed by atoms with Crippen molar-refractivity contribution < 1.29 is 0 Å². The molecule has 1 heterocycles. The second-order valence-electron chi connectivity index (χ2n) is 5.75. The molecule has 15 heavy (non-hydrogen) atoms. The van der Waals surface area contributed by atoms with Crippen molar-refractivity contribution in [2.75, 3.05) is 13.1 Å². The predicted molar refractivity (Wildman–Crippen MR) is 71.3 cm³/mol. The van der Waals surface area contributed by atoms with Gasteiger partial charge in [0.05, 0.1) is 6.04 Å². The molecule has 1 rings (SSSR count). The van der Waals surface area contributed by atoms with Crippen molar-refractivity contribution in [3.8, 4) is 0 Å². The van der Waals surface area contributed by atoms with E-state index in [1.807, 2.05) is 0 Å². The fourth-order valence-electron chi connectivity index (χ4n) is 2.19. The molecule has 0 N–H and O–H groups in total. The average Bonchev–Trinajstić information content (AvgIpc) is 2.43. The molecule has 0 bridgehead atoms. The third-order valence-electron chi connectivity index (χ3n) is 3.20. The fourth-order valence-corrected chi connectivity index (χ4v) is 5.05. The highest BCUT2D eigenvalue weighted by atomic mass is 28.3. The molecule has 2 nitrogen and oxygen atoms in total. The Morgan fingerprint density at radius 3 is 2.47 bits per heavy atom. The summed E-state index contributed by atoms with van der Waals surface area (Å²) in [6, 6.07) is 1.94. The van der Waals surface area contributed by atoms with E-state index in [0.29, 0.717) is 12.0 Å². The van der Waals surface area contributed by atoms with Gasteiger partial charge in [-0.2, -0.15) is 0 Å². The Kier molecular flexibility index (Phi) is 4.53. The highest BCUT2D eigenvalue weighted by Crippen LogP contribution is 2.25. The lowest BCUT2D eigenvalue weighted by molar-refractivity contribution is 0.427. The lowest BCUT2D eigenvalue weighted by Gasteiger charge is -2.30. The highest BCUT2D eigenvalue weighted by Gasteiger charge is 2.34. The van der Waals surface area contributed by atoms with Crippen LogP contribution in [0, 0.1) is 5.92 Å². The summed E-state index contributed by atoms with van der Waals surface area (Å²) in [4.78, 5) is 4.61. The van der Waals surface area contributed by atoms with Crippen LogP contribution < -0.4 is 0 Å². The van der Waals surface area contributed by atoms with Gasteiger partial charge in [-0.1, -0.05) is 26.9 Å². The van der Waals surface area contributed by atoms with Crippen LogP contribution in [0.1, 0.15) is 27.2 Å². The molecule has 0 aromatic heterocycles. The zero-order chi connectivity index (χ0) is 11.5. The van der Waals surface area contributed by atoms with Crippen LogP contribution in [0.3, 0.4) is 0 Å². The average molecular weight is 226 g/mol. The summed E-state index contributed by atoms with van der Waals surface area (Å²) >= 11 is 0. The van der Waals surface area contributed by atoms with Crippen molar-refractivity contribution in [2.45, 2.75) is 52.4 Å². The monoisotopic (exact) mass is 226 g/mol. The van der Waals surface area contributed by atoms with Gasteiger partial charge in [0.1, 0.15) is 8.24 Å². The third kappa shape index (κ3) is 4.07. The molecule has 0 aromatic rings. The zero-order valence-corrected chi connectivity index (χ0v) is 12.0. The van der Waals surface area contributed by atoms with E-state index in [1.165, 1.54) is 25.6 Å². The predicted octanol–water partition coefficient (Wildman–Crippen LogP) is 3.01. The summed E-state index contributed by atoms with van der Waals surface area (Å²) in [5.74, 6) is 0.580. The molecule has 0 aromatic carbocycles. The van der Waals surface area contributed by atoms with Crippen molar-refractivity contribution in [1.29, 1.82) is 0 Å². The first kappa shape index (κ1) is 12.9. The molecule has 1 fully saturated rings. The lowest BCUT2D eigenvalue weighted by atomic mass is 10.2. The first-order valence-corrected chi connectivity index (χ1v) is 9.35. The SMILES string of the molecule is CC(C)C=NC(C)CN1CCC[Si]1(C)C. The standard InChI is InChI=1S/C12H26N2Si/c1-11(2)9-13-12(3)10-14-7-6-8-15(14,4)5/h9,11-12H,6-8,10H2,1-5H3. The first-order chi connectivity index (χ1) is 6.92. The van der Waals surface area contributed by atoms with Gasteiger partial charge in [0.15, 0.2) is 0 Å². The molecule has 0 spiro atoms. The van der Waals surface area contributed by atoms with Gasteiger partial charge in [0, 0.05) is 12.8 Å². The Morgan fingerprint density at radius 2 is 2.00 bits per heavy atom. The van der Waals surface area contributed by atoms with Gasteiger partial charge < -0.3 is 4.57 Å². The van der Waals surface area contributed by atoms with Crippen LogP contribution in [0.15, 0.2) is 4.99 Å². The van der Waals surface area contributed by atoms with Crippen molar-refractivity contribution in [3.05, 3.63) is 0 Å². The van der Waals surface area contributed by atoms with Crippen molar-refractivity contribution in [2.24, 2.45) is 10.9 Å². The van der Waals surface area contributed by atoms with Crippen molar-refractivity contribution >= 4 is 14.5 Å². The summed E-state index contributed by atoms with van der Waals surface area (Å²) < 4.78 is 2.72. The zero-order valence-electron chi connectivity index (χ0n) is 11.0. The normalized spacial score (nSPS) is 24.1. The van der Waals surface area contributed by atoms with E-state index in [2.05, 4.69) is 49.6 Å². The van der Waals surface area contributed by atoms with Gasteiger partial charge in [0.2, 0.25) is 0 Å². The molecule has 0 saturated carbocycles. The van der Waals surface area contributed by atoms with Crippen LogP contribution in [0.25, 0.3) is 0 Å². The van der Waals surface area contributed by atoms with Crippen molar-refractivity contribution in [3.63, 3.8) is 0 Å². The second kappa shape index (κ2) is 5.26. The van der Waals surface area contributed by atoms with Gasteiger partial charge in [-0.05, 0) is 31.9 Å². The minimum absolute atomic E-state index is 0.470. The van der Waals surface area contributed by atoms with Crippen molar-refractivity contribution in [1.82, 2.24) is 4.57 Å². The fraction of sp³-hybridized carbons (Fsp3) is 0.917. The number of hydrogen-bond donors (Lipinski definition) is 0. The topological polar surface area (TPSA) is 15.6 Å². The number of rotatable bonds is 4. The summed E-state index contributed by atoms with van der Waals surface area (Å²) in [6.07, 6.45) is 3.50. The van der Waals surface area contributed by atoms with Gasteiger partial charge >= 0.3 is 0 Å². The molecule has 0 aliphatic carbocycles. The van der Waals surface area contributed by atoms with Crippen LogP contribution in [0.5, 0.6) is 0 Å². The Balaban J connectivity index is 2.41. The summed E-state index contributed by atoms with van der Waals surface area (Å²) in [5, 5.41) is 0. The van der Waals surface area contributed by atoms with E-state index in [9.17, 15) is 0 Å². The smallest absolute Gasteiger partial charge is 0.122 e. The highest BCUT2D eigenvalue weighted by molar-refractivity contribution is 6.75. The molecule has 0 radical (unpaired) electrons. The lowest BCUT2D eigenvalue weighted by Crippen LogP contribution is -2.46. The van der Waals surface area contributed by atoms with Gasteiger partial charge in [-0.3, -0.25) is 4.99 Å². The number of hydrogen-bond acceptors (Lipinski definition) is 2. The quantitative estimate of drug-likeness (QED) is 0.531. The molecule has 1 aliphatic heterocycles. The molecule has 3 heteroatoms. The second-order valence-corrected chi connectivity index (χ2v) is 10.5. The molecule has 1 unspecified atom stereocenters. The molecule has 1 saturated heterocycles. The van der Waals surface area contributed by atoms with E-state index in [-0.39, 0.29) is 0 Å². The maximum Gasteiger partial charge on any atom is 0.122 e. The Bertz CT molecular complexity index is 224. The van der Waals surface area contributed by atoms with Crippen LogP contribution in [0.4, 0.5) is 0 Å². The summed E-state index contributed by atoms with van der Waals surface area (Å²) in [7, 11) is -1.03.